The lowest BCUT2D eigenvalue weighted by atomic mass is 10.0. The third-order valence-corrected chi connectivity index (χ3v) is 3.91. The Balaban J connectivity index is 2.38. The Morgan fingerprint density at radius 3 is 2.19 bits per heavy atom. The number of nitrogens with one attached hydrogen (secondary N) is 1. The van der Waals surface area contributed by atoms with E-state index >= 15 is 0 Å². The number of nitrogens with zero attached hydrogens (tertiary/aromatic N) is 1. The largest absolute Gasteiger partial charge is 0.481 e. The van der Waals surface area contributed by atoms with Crippen LogP contribution >= 0.6 is 0 Å². The minimum atomic E-state index is 0.644. The fraction of sp³-hybridized carbons (Fsp3) is 0.722. The van der Waals surface area contributed by atoms with E-state index < -0.39 is 0 Å². The van der Waals surface area contributed by atoms with Crippen molar-refractivity contribution >= 4 is 0 Å². The molecule has 0 saturated heterocycles. The molecule has 0 saturated carbocycles. The van der Waals surface area contributed by atoms with Gasteiger partial charge < -0.3 is 10.1 Å². The van der Waals surface area contributed by atoms with Crippen LogP contribution in [0.25, 0.3) is 0 Å². The topological polar surface area (TPSA) is 34.1 Å². The van der Waals surface area contributed by atoms with Crippen LogP contribution in [0.4, 0.5) is 0 Å². The van der Waals surface area contributed by atoms with Gasteiger partial charge in [-0.2, -0.15) is 0 Å². The lowest BCUT2D eigenvalue weighted by Gasteiger charge is -2.19. The van der Waals surface area contributed by atoms with E-state index in [1.165, 1.54) is 56.9 Å². The molecule has 0 spiro atoms. The first-order chi connectivity index (χ1) is 10.3. The summed E-state index contributed by atoms with van der Waals surface area (Å²) in [6.07, 6.45) is 12.4. The van der Waals surface area contributed by atoms with Crippen LogP contribution in [0.1, 0.15) is 70.8 Å². The Morgan fingerprint density at radius 1 is 1.05 bits per heavy atom. The van der Waals surface area contributed by atoms with Crippen LogP contribution < -0.4 is 10.1 Å². The SMILES string of the molecule is CCCCCC(CCCCC)NCc1ccc(OC)nc1. The Bertz CT molecular complexity index is 341. The molecule has 120 valence electrons. The zero-order chi connectivity index (χ0) is 15.3. The zero-order valence-electron chi connectivity index (χ0n) is 14.0. The van der Waals surface area contributed by atoms with Crippen molar-refractivity contribution in [2.45, 2.75) is 77.8 Å². The maximum absolute atomic E-state index is 5.09. The van der Waals surface area contributed by atoms with Gasteiger partial charge in [-0.15, -0.1) is 0 Å². The molecule has 3 heteroatoms. The number of hydrogen-bond acceptors (Lipinski definition) is 3. The number of pyridine rings is 1. The third kappa shape index (κ3) is 8.05. The molecule has 1 aromatic heterocycles. The molecule has 0 bridgehead atoms. The van der Waals surface area contributed by atoms with Crippen LogP contribution in [0, 0.1) is 0 Å². The number of methoxy groups -OCH3 is 1. The van der Waals surface area contributed by atoms with E-state index in [4.69, 9.17) is 4.74 Å². The Hall–Kier alpha value is -1.09. The van der Waals surface area contributed by atoms with E-state index in [1.54, 1.807) is 7.11 Å². The van der Waals surface area contributed by atoms with E-state index in [9.17, 15) is 0 Å². The Labute approximate surface area is 130 Å². The number of unbranched alkanes of at least 4 members (excludes halogenated alkanes) is 4. The monoisotopic (exact) mass is 292 g/mol. The molecule has 1 aromatic rings. The van der Waals surface area contributed by atoms with Gasteiger partial charge in [-0.05, 0) is 18.4 Å². The fourth-order valence-corrected chi connectivity index (χ4v) is 2.53. The quantitative estimate of drug-likeness (QED) is 0.567. The van der Waals surface area contributed by atoms with Gasteiger partial charge in [0.15, 0.2) is 0 Å². The van der Waals surface area contributed by atoms with Crippen molar-refractivity contribution in [3.63, 3.8) is 0 Å². The average molecular weight is 292 g/mol. The van der Waals surface area contributed by atoms with Gasteiger partial charge >= 0.3 is 0 Å². The van der Waals surface area contributed by atoms with E-state index in [-0.39, 0.29) is 0 Å². The van der Waals surface area contributed by atoms with Gasteiger partial charge in [0.25, 0.3) is 0 Å². The van der Waals surface area contributed by atoms with Crippen molar-refractivity contribution in [1.29, 1.82) is 0 Å². The van der Waals surface area contributed by atoms with Crippen molar-refractivity contribution in [2.75, 3.05) is 7.11 Å². The van der Waals surface area contributed by atoms with Crippen LogP contribution in [0.3, 0.4) is 0 Å². The highest BCUT2D eigenvalue weighted by Gasteiger charge is 2.08. The normalized spacial score (nSPS) is 11.0. The molecule has 1 heterocycles. The molecular formula is C18H32N2O. The lowest BCUT2D eigenvalue weighted by molar-refractivity contribution is 0.396. The highest BCUT2D eigenvalue weighted by molar-refractivity contribution is 5.17. The summed E-state index contributed by atoms with van der Waals surface area (Å²) in [5, 5.41) is 3.71. The summed E-state index contributed by atoms with van der Waals surface area (Å²) in [4.78, 5) is 4.26. The fourth-order valence-electron chi connectivity index (χ4n) is 2.53. The third-order valence-electron chi connectivity index (χ3n) is 3.91. The molecule has 0 aromatic carbocycles. The van der Waals surface area contributed by atoms with E-state index in [0.717, 1.165) is 6.54 Å². The van der Waals surface area contributed by atoms with Crippen LogP contribution in [-0.2, 0) is 6.54 Å². The molecule has 0 aliphatic heterocycles. The number of ether oxygens (including phenoxy) is 1. The van der Waals surface area contributed by atoms with Crippen molar-refractivity contribution < 1.29 is 4.74 Å². The van der Waals surface area contributed by atoms with Gasteiger partial charge in [0.2, 0.25) is 5.88 Å². The zero-order valence-corrected chi connectivity index (χ0v) is 14.0. The van der Waals surface area contributed by atoms with Crippen molar-refractivity contribution in [2.24, 2.45) is 0 Å². The maximum Gasteiger partial charge on any atom is 0.212 e. The molecule has 3 nitrogen and oxygen atoms in total. The van der Waals surface area contributed by atoms with Gasteiger partial charge in [-0.3, -0.25) is 0 Å². The summed E-state index contributed by atoms with van der Waals surface area (Å²) in [6.45, 7) is 5.44. The molecule has 0 radical (unpaired) electrons. The smallest absolute Gasteiger partial charge is 0.212 e. The average Bonchev–Trinajstić information content (AvgIpc) is 2.53. The summed E-state index contributed by atoms with van der Waals surface area (Å²) in [6, 6.07) is 4.67. The van der Waals surface area contributed by atoms with Gasteiger partial charge in [0.05, 0.1) is 7.11 Å². The molecule has 1 N–H and O–H groups in total. The van der Waals surface area contributed by atoms with Gasteiger partial charge in [-0.1, -0.05) is 58.4 Å². The maximum atomic E-state index is 5.09. The minimum absolute atomic E-state index is 0.644. The van der Waals surface area contributed by atoms with E-state index in [1.807, 2.05) is 12.3 Å². The second-order valence-corrected chi connectivity index (χ2v) is 5.78. The molecule has 0 aliphatic rings. The number of aromatic nitrogens is 1. The van der Waals surface area contributed by atoms with Crippen LogP contribution in [0.5, 0.6) is 5.88 Å². The first-order valence-corrected chi connectivity index (χ1v) is 8.52. The van der Waals surface area contributed by atoms with Crippen LogP contribution in [0.2, 0.25) is 0 Å². The second kappa shape index (κ2) is 11.6. The minimum Gasteiger partial charge on any atom is -0.481 e. The summed E-state index contributed by atoms with van der Waals surface area (Å²) in [5.41, 5.74) is 1.23. The van der Waals surface area contributed by atoms with Crippen LogP contribution in [0.15, 0.2) is 18.3 Å². The van der Waals surface area contributed by atoms with E-state index in [0.29, 0.717) is 11.9 Å². The predicted octanol–water partition coefficient (Wildman–Crippen LogP) is 4.71. The van der Waals surface area contributed by atoms with Crippen molar-refractivity contribution in [1.82, 2.24) is 10.3 Å². The van der Waals surface area contributed by atoms with E-state index in [2.05, 4.69) is 30.2 Å². The summed E-state index contributed by atoms with van der Waals surface area (Å²) in [5.74, 6) is 0.682. The predicted molar refractivity (Wildman–Crippen MR) is 89.7 cm³/mol. The van der Waals surface area contributed by atoms with Crippen LogP contribution in [-0.4, -0.2) is 18.1 Å². The Morgan fingerprint density at radius 2 is 1.71 bits per heavy atom. The molecule has 0 amide bonds. The molecule has 21 heavy (non-hydrogen) atoms. The highest BCUT2D eigenvalue weighted by Crippen LogP contribution is 2.12. The summed E-state index contributed by atoms with van der Waals surface area (Å²) in [7, 11) is 1.65. The molecular weight excluding hydrogens is 260 g/mol. The van der Waals surface area contributed by atoms with Gasteiger partial charge in [0.1, 0.15) is 0 Å². The summed E-state index contributed by atoms with van der Waals surface area (Å²) >= 11 is 0. The van der Waals surface area contributed by atoms with Crippen molar-refractivity contribution in [3.05, 3.63) is 23.9 Å². The molecule has 0 atom stereocenters. The second-order valence-electron chi connectivity index (χ2n) is 5.78. The van der Waals surface area contributed by atoms with Gasteiger partial charge in [-0.25, -0.2) is 4.98 Å². The van der Waals surface area contributed by atoms with Gasteiger partial charge in [0, 0.05) is 24.8 Å². The Kier molecular flexibility index (Phi) is 9.88. The molecule has 1 rings (SSSR count). The highest BCUT2D eigenvalue weighted by atomic mass is 16.5. The standard InChI is InChI=1S/C18H32N2O/c1-4-6-8-10-17(11-9-7-5-2)19-14-16-12-13-18(21-3)20-15-16/h12-13,15,17,19H,4-11,14H2,1-3H3. The lowest BCUT2D eigenvalue weighted by Crippen LogP contribution is -2.28. The molecule has 0 aliphatic carbocycles. The number of rotatable bonds is 12. The first kappa shape index (κ1) is 18.0. The molecule has 0 fully saturated rings. The first-order valence-electron chi connectivity index (χ1n) is 8.52. The number of hydrogen-bond donors (Lipinski definition) is 1. The molecule has 0 unspecified atom stereocenters. The van der Waals surface area contributed by atoms with Crippen molar-refractivity contribution in [3.8, 4) is 5.88 Å². The summed E-state index contributed by atoms with van der Waals surface area (Å²) < 4.78 is 5.09.